The van der Waals surface area contributed by atoms with E-state index in [1.54, 1.807) is 48.5 Å². The Balaban J connectivity index is 0.989. The molecule has 2 fully saturated rings. The van der Waals surface area contributed by atoms with Crippen LogP contribution in [0.15, 0.2) is 107 Å². The van der Waals surface area contributed by atoms with E-state index in [1.165, 1.54) is 36.4 Å². The zero-order valence-corrected chi connectivity index (χ0v) is 36.9. The quantitative estimate of drug-likeness (QED) is 0.150. The van der Waals surface area contributed by atoms with E-state index in [9.17, 15) is 18.0 Å². The van der Waals surface area contributed by atoms with Crippen LogP contribution in [0.1, 0.15) is 66.2 Å². The van der Waals surface area contributed by atoms with Gasteiger partial charge in [-0.05, 0) is 137 Å². The summed E-state index contributed by atoms with van der Waals surface area (Å²) in [6, 6.07) is 30.2. The van der Waals surface area contributed by atoms with Crippen molar-refractivity contribution in [2.75, 3.05) is 22.1 Å². The van der Waals surface area contributed by atoms with Gasteiger partial charge in [-0.1, -0.05) is 96.5 Å². The lowest BCUT2D eigenvalue weighted by molar-refractivity contribution is -0.114. The van der Waals surface area contributed by atoms with Crippen molar-refractivity contribution in [2.24, 2.45) is 0 Å². The number of nitrogens with one attached hydrogen (secondary N) is 2. The van der Waals surface area contributed by atoms with E-state index in [0.29, 0.717) is 35.5 Å². The van der Waals surface area contributed by atoms with Crippen LogP contribution in [-0.2, 0) is 19.4 Å². The fourth-order valence-electron chi connectivity index (χ4n) is 7.64. The zero-order valence-electron chi connectivity index (χ0n) is 32.8. The summed E-state index contributed by atoms with van der Waals surface area (Å²) in [4.78, 5) is 30.3. The second kappa shape index (κ2) is 19.3. The molecule has 2 amide bonds. The number of nitrogens with zero attached hydrogens (tertiary/aromatic N) is 2. The number of thiocarbonyl (C=S) groups is 2. The number of thioether (sulfide) groups is 2. The highest BCUT2D eigenvalue weighted by Crippen LogP contribution is 2.31. The number of anilines is 2. The van der Waals surface area contributed by atoms with E-state index in [0.717, 1.165) is 56.6 Å². The molecule has 2 aliphatic heterocycles. The molecule has 300 valence electrons. The molecule has 6 rings (SSSR count). The smallest absolute Gasteiger partial charge is 0.234 e. The van der Waals surface area contributed by atoms with E-state index < -0.39 is 9.84 Å². The number of benzene rings is 4. The van der Waals surface area contributed by atoms with Gasteiger partial charge in [0, 0.05) is 35.5 Å². The van der Waals surface area contributed by atoms with Crippen molar-refractivity contribution < 1.29 is 18.0 Å². The van der Waals surface area contributed by atoms with Crippen molar-refractivity contribution in [3.05, 3.63) is 97.1 Å². The Morgan fingerprint density at radius 1 is 0.544 bits per heavy atom. The predicted octanol–water partition coefficient (Wildman–Crippen LogP) is 10.3. The summed E-state index contributed by atoms with van der Waals surface area (Å²) in [5, 5.41) is 5.90. The second-order valence-electron chi connectivity index (χ2n) is 15.0. The Hall–Kier alpha value is -3.75. The number of carbonyl (C=O) groups is 2. The molecule has 4 aromatic rings. The molecule has 0 aliphatic carbocycles. The highest BCUT2D eigenvalue weighted by atomic mass is 32.2. The highest BCUT2D eigenvalue weighted by Gasteiger charge is 2.28. The summed E-state index contributed by atoms with van der Waals surface area (Å²) >= 11 is 14.1. The SMILES string of the molecule is C[C@H]1CCC[C@H](C)N1C(=S)SCC(=O)Nc1ccc(-c2ccc(S(=O)(=O)c3ccc(-c4ccc(NC(=O)CSC(=S)N5[C@@H](C)CCC[C@@H]5C)cc4)cc3)cc2)cc1. The van der Waals surface area contributed by atoms with Gasteiger partial charge in [0.1, 0.15) is 8.64 Å². The van der Waals surface area contributed by atoms with Crippen LogP contribution in [0.5, 0.6) is 0 Å². The van der Waals surface area contributed by atoms with Gasteiger partial charge in [0.15, 0.2) is 0 Å². The average Bonchev–Trinajstić information content (AvgIpc) is 3.20. The first-order chi connectivity index (χ1) is 27.3. The normalized spacial score (nSPS) is 19.8. The molecule has 0 aromatic heterocycles. The van der Waals surface area contributed by atoms with E-state index in [1.807, 2.05) is 48.5 Å². The molecule has 2 N–H and O–H groups in total. The van der Waals surface area contributed by atoms with Gasteiger partial charge in [0.05, 0.1) is 21.3 Å². The molecule has 0 saturated carbocycles. The fourth-order valence-corrected chi connectivity index (χ4v) is 11.6. The Labute approximate surface area is 356 Å². The monoisotopic (exact) mass is 858 g/mol. The summed E-state index contributed by atoms with van der Waals surface area (Å²) in [5.41, 5.74) is 4.88. The van der Waals surface area contributed by atoms with Crippen LogP contribution in [0, 0.1) is 0 Å². The molecule has 4 aromatic carbocycles. The minimum absolute atomic E-state index is 0.113. The topological polar surface area (TPSA) is 98.8 Å². The molecule has 4 atom stereocenters. The van der Waals surface area contributed by atoms with E-state index >= 15 is 0 Å². The van der Waals surface area contributed by atoms with Crippen LogP contribution in [0.4, 0.5) is 11.4 Å². The maximum Gasteiger partial charge on any atom is 0.234 e. The first-order valence-corrected chi connectivity index (χ1v) is 23.7. The summed E-state index contributed by atoms with van der Waals surface area (Å²) in [7, 11) is -3.75. The molecule has 2 heterocycles. The number of carbonyl (C=O) groups excluding carboxylic acids is 2. The molecule has 8 nitrogen and oxygen atoms in total. The van der Waals surface area contributed by atoms with Gasteiger partial charge in [-0.25, -0.2) is 8.42 Å². The van der Waals surface area contributed by atoms with Gasteiger partial charge in [-0.15, -0.1) is 0 Å². The highest BCUT2D eigenvalue weighted by molar-refractivity contribution is 8.23. The summed E-state index contributed by atoms with van der Waals surface area (Å²) in [6.45, 7) is 8.77. The Bertz CT molecular complexity index is 1990. The molecular weight excluding hydrogens is 809 g/mol. The first-order valence-electron chi connectivity index (χ1n) is 19.5. The summed E-state index contributed by atoms with van der Waals surface area (Å²) in [5.74, 6) is 0.268. The number of rotatable bonds is 10. The lowest BCUT2D eigenvalue weighted by Crippen LogP contribution is -2.45. The molecule has 0 unspecified atom stereocenters. The third-order valence-corrected chi connectivity index (χ3v) is 15.4. The Kier molecular flexibility index (Phi) is 14.5. The minimum atomic E-state index is -3.75. The third-order valence-electron chi connectivity index (χ3n) is 10.8. The molecule has 2 aliphatic rings. The van der Waals surface area contributed by atoms with Gasteiger partial charge in [0.25, 0.3) is 0 Å². The van der Waals surface area contributed by atoms with Crippen molar-refractivity contribution in [3.63, 3.8) is 0 Å². The van der Waals surface area contributed by atoms with Crippen LogP contribution < -0.4 is 10.6 Å². The van der Waals surface area contributed by atoms with Crippen LogP contribution in [0.25, 0.3) is 22.3 Å². The minimum Gasteiger partial charge on any atom is -0.352 e. The maximum absolute atomic E-state index is 13.6. The Morgan fingerprint density at radius 3 is 1.12 bits per heavy atom. The second-order valence-corrected chi connectivity index (χ2v) is 20.2. The largest absolute Gasteiger partial charge is 0.352 e. The fraction of sp³-hybridized carbons (Fsp3) is 0.364. The van der Waals surface area contributed by atoms with Gasteiger partial charge < -0.3 is 20.4 Å². The number of piperidine rings is 2. The summed E-state index contributed by atoms with van der Waals surface area (Å²) in [6.07, 6.45) is 6.89. The number of sulfone groups is 1. The van der Waals surface area contributed by atoms with Gasteiger partial charge in [-0.2, -0.15) is 0 Å². The molecule has 2 saturated heterocycles. The number of amides is 2. The van der Waals surface area contributed by atoms with Crippen molar-refractivity contribution in [3.8, 4) is 22.3 Å². The maximum atomic E-state index is 13.6. The molecule has 0 bridgehead atoms. The van der Waals surface area contributed by atoms with Crippen LogP contribution in [0.2, 0.25) is 0 Å². The molecule has 0 radical (unpaired) electrons. The van der Waals surface area contributed by atoms with Crippen molar-refractivity contribution in [1.29, 1.82) is 0 Å². The standard InChI is InChI=1S/C44H50N4O4S5/c1-29-7-5-8-30(2)47(29)43(53)55-27-41(49)45-37-19-11-33(12-20-37)35-15-23-39(24-16-35)57(51,52)40-25-17-36(18-26-40)34-13-21-38(22-14-34)46-42(50)28-56-44(54)48-31(3)9-6-10-32(48)4/h11-26,29-32H,5-10,27-28H2,1-4H3,(H,45,49)(H,46,50)/t29-,30-,31-,32-/m0/s1. The molecule has 0 spiro atoms. The van der Waals surface area contributed by atoms with Gasteiger partial charge >= 0.3 is 0 Å². The third kappa shape index (κ3) is 10.9. The van der Waals surface area contributed by atoms with Crippen LogP contribution in [-0.4, -0.2) is 74.3 Å². The lowest BCUT2D eigenvalue weighted by Gasteiger charge is -2.40. The first kappa shape index (κ1) is 42.8. The number of likely N-dealkylation sites (tertiary alicyclic amines) is 2. The molecule has 57 heavy (non-hydrogen) atoms. The number of hydrogen-bond acceptors (Lipinski definition) is 8. The average molecular weight is 859 g/mol. The van der Waals surface area contributed by atoms with Gasteiger partial charge in [-0.3, -0.25) is 9.59 Å². The number of hydrogen-bond donors (Lipinski definition) is 2. The van der Waals surface area contributed by atoms with Crippen molar-refractivity contribution in [1.82, 2.24) is 9.80 Å². The summed E-state index contributed by atoms with van der Waals surface area (Å²) < 4.78 is 28.7. The van der Waals surface area contributed by atoms with Crippen molar-refractivity contribution >= 4 is 89.6 Å². The van der Waals surface area contributed by atoms with E-state index in [4.69, 9.17) is 24.4 Å². The lowest BCUT2D eigenvalue weighted by atomic mass is 9.99. The molecular formula is C44H50N4O4S5. The molecule has 13 heteroatoms. The van der Waals surface area contributed by atoms with E-state index in [2.05, 4.69) is 48.1 Å². The van der Waals surface area contributed by atoms with Gasteiger partial charge in [0.2, 0.25) is 21.7 Å². The Morgan fingerprint density at radius 2 is 0.825 bits per heavy atom. The zero-order chi connectivity index (χ0) is 40.7. The van der Waals surface area contributed by atoms with Crippen LogP contribution >= 0.6 is 48.0 Å². The van der Waals surface area contributed by atoms with E-state index in [-0.39, 0.29) is 33.1 Å². The van der Waals surface area contributed by atoms with Crippen molar-refractivity contribution in [2.45, 2.75) is 100 Å². The predicted molar refractivity (Wildman–Crippen MR) is 246 cm³/mol. The van der Waals surface area contributed by atoms with Crippen LogP contribution in [0.3, 0.4) is 0 Å².